The molecule has 1 unspecified atom stereocenters. The lowest BCUT2D eigenvalue weighted by Gasteiger charge is -2.15. The fraction of sp³-hybridized carbons (Fsp3) is 0.304. The average Bonchev–Trinajstić information content (AvgIpc) is 3.44. The van der Waals surface area contributed by atoms with Gasteiger partial charge < -0.3 is 15.0 Å². The number of aryl methyl sites for hydroxylation is 1. The number of hydrogen-bond donors (Lipinski definition) is 1. The molecule has 1 aliphatic rings. The summed E-state index contributed by atoms with van der Waals surface area (Å²) >= 11 is 1.64. The smallest absolute Gasteiger partial charge is 0.220 e. The van der Waals surface area contributed by atoms with Crippen LogP contribution in [-0.4, -0.2) is 30.0 Å². The van der Waals surface area contributed by atoms with Crippen molar-refractivity contribution in [3.05, 3.63) is 77.3 Å². The number of hydrogen-bond acceptors (Lipinski definition) is 5. The van der Waals surface area contributed by atoms with Crippen molar-refractivity contribution in [1.29, 1.82) is 0 Å². The maximum atomic E-state index is 12.3. The van der Waals surface area contributed by atoms with E-state index in [-0.39, 0.29) is 11.9 Å². The first-order chi connectivity index (χ1) is 14.3. The lowest BCUT2D eigenvalue weighted by atomic mass is 10.1. The number of ether oxygens (including phenoxy) is 1. The number of carbonyl (C=O) groups is 1. The fourth-order valence-corrected chi connectivity index (χ4v) is 4.15. The van der Waals surface area contributed by atoms with Gasteiger partial charge in [-0.25, -0.2) is 4.98 Å². The second-order valence-corrected chi connectivity index (χ2v) is 8.11. The molecule has 1 aromatic heterocycles. The Bertz CT molecular complexity index is 898. The van der Waals surface area contributed by atoms with E-state index in [0.717, 1.165) is 47.9 Å². The number of rotatable bonds is 8. The number of benzene rings is 2. The largest absolute Gasteiger partial charge is 0.489 e. The van der Waals surface area contributed by atoms with Crippen LogP contribution in [0.3, 0.4) is 0 Å². The Kier molecular flexibility index (Phi) is 6.42. The van der Waals surface area contributed by atoms with Crippen LogP contribution in [-0.2, 0) is 17.8 Å². The number of aromatic nitrogens is 1. The zero-order valence-corrected chi connectivity index (χ0v) is 17.1. The van der Waals surface area contributed by atoms with Gasteiger partial charge in [-0.1, -0.05) is 42.5 Å². The minimum Gasteiger partial charge on any atom is -0.489 e. The second-order valence-electron chi connectivity index (χ2n) is 7.23. The third-order valence-electron chi connectivity index (χ3n) is 5.06. The molecule has 2 aromatic carbocycles. The van der Waals surface area contributed by atoms with Gasteiger partial charge in [0.1, 0.15) is 12.4 Å². The summed E-state index contributed by atoms with van der Waals surface area (Å²) in [5, 5.41) is 6.19. The topological polar surface area (TPSA) is 54.5 Å². The molecule has 0 radical (unpaired) electrons. The van der Waals surface area contributed by atoms with Gasteiger partial charge in [0.2, 0.25) is 5.91 Å². The summed E-state index contributed by atoms with van der Waals surface area (Å²) in [6.07, 6.45) is 4.02. The molecule has 6 heteroatoms. The Morgan fingerprint density at radius 1 is 1.14 bits per heavy atom. The zero-order chi connectivity index (χ0) is 19.9. The average molecular weight is 408 g/mol. The van der Waals surface area contributed by atoms with Gasteiger partial charge in [0, 0.05) is 37.1 Å². The van der Waals surface area contributed by atoms with Crippen LogP contribution in [0.4, 0.5) is 5.13 Å². The van der Waals surface area contributed by atoms with Crippen LogP contribution >= 0.6 is 11.3 Å². The van der Waals surface area contributed by atoms with E-state index in [9.17, 15) is 4.79 Å². The first kappa shape index (κ1) is 19.5. The van der Waals surface area contributed by atoms with Crippen molar-refractivity contribution in [3.8, 4) is 5.75 Å². The Hall–Kier alpha value is -2.86. The van der Waals surface area contributed by atoms with E-state index in [1.54, 1.807) is 11.3 Å². The van der Waals surface area contributed by atoms with Gasteiger partial charge in [-0.05, 0) is 36.1 Å². The zero-order valence-electron chi connectivity index (χ0n) is 16.3. The molecule has 1 N–H and O–H groups in total. The maximum absolute atomic E-state index is 12.3. The molecule has 1 fully saturated rings. The molecular weight excluding hydrogens is 382 g/mol. The van der Waals surface area contributed by atoms with Crippen molar-refractivity contribution in [2.45, 2.75) is 31.9 Å². The first-order valence-corrected chi connectivity index (χ1v) is 10.8. The van der Waals surface area contributed by atoms with E-state index in [1.807, 2.05) is 66.2 Å². The van der Waals surface area contributed by atoms with E-state index < -0.39 is 0 Å². The number of nitrogens with zero attached hydrogens (tertiary/aromatic N) is 2. The minimum absolute atomic E-state index is 0.111. The number of nitrogens with one attached hydrogen (secondary N) is 1. The van der Waals surface area contributed by atoms with Gasteiger partial charge in [-0.2, -0.15) is 0 Å². The molecule has 1 aliphatic heterocycles. The standard InChI is InChI=1S/C23H25N3O2S/c27-22(25-20-12-14-26(16-20)23-24-13-15-29-23)11-8-18-6-9-21(10-7-18)28-17-19-4-2-1-3-5-19/h1-7,9-10,13,15,20H,8,11-12,14,16-17H2,(H,25,27). The van der Waals surface area contributed by atoms with E-state index in [4.69, 9.17) is 4.74 Å². The molecular formula is C23H25N3O2S. The number of carbonyl (C=O) groups excluding carboxylic acids is 1. The van der Waals surface area contributed by atoms with Gasteiger partial charge in [-0.15, -0.1) is 11.3 Å². The van der Waals surface area contributed by atoms with Crippen LogP contribution < -0.4 is 15.0 Å². The van der Waals surface area contributed by atoms with Crippen LogP contribution in [0.15, 0.2) is 66.2 Å². The molecule has 1 saturated heterocycles. The van der Waals surface area contributed by atoms with Crippen LogP contribution in [0.5, 0.6) is 5.75 Å². The predicted molar refractivity (Wildman–Crippen MR) is 116 cm³/mol. The van der Waals surface area contributed by atoms with Crippen molar-refractivity contribution in [3.63, 3.8) is 0 Å². The van der Waals surface area contributed by atoms with E-state index in [2.05, 4.69) is 15.2 Å². The minimum atomic E-state index is 0.111. The van der Waals surface area contributed by atoms with Crippen molar-refractivity contribution in [2.24, 2.45) is 0 Å². The highest BCUT2D eigenvalue weighted by molar-refractivity contribution is 7.13. The van der Waals surface area contributed by atoms with Gasteiger partial charge in [0.15, 0.2) is 5.13 Å². The summed E-state index contributed by atoms with van der Waals surface area (Å²) < 4.78 is 5.81. The molecule has 0 bridgehead atoms. The highest BCUT2D eigenvalue weighted by atomic mass is 32.1. The Balaban J connectivity index is 1.18. The Morgan fingerprint density at radius 3 is 2.72 bits per heavy atom. The molecule has 0 aliphatic carbocycles. The van der Waals surface area contributed by atoms with E-state index in [1.165, 1.54) is 0 Å². The normalized spacial score (nSPS) is 16.0. The van der Waals surface area contributed by atoms with Gasteiger partial charge in [0.25, 0.3) is 0 Å². The molecule has 1 amide bonds. The van der Waals surface area contributed by atoms with Crippen molar-refractivity contribution in [2.75, 3.05) is 18.0 Å². The molecule has 5 nitrogen and oxygen atoms in total. The van der Waals surface area contributed by atoms with Crippen LogP contribution in [0.2, 0.25) is 0 Å². The van der Waals surface area contributed by atoms with Gasteiger partial charge >= 0.3 is 0 Å². The summed E-state index contributed by atoms with van der Waals surface area (Å²) in [5.41, 5.74) is 2.29. The molecule has 3 aromatic rings. The molecule has 4 rings (SSSR count). The molecule has 2 heterocycles. The van der Waals surface area contributed by atoms with E-state index >= 15 is 0 Å². The summed E-state index contributed by atoms with van der Waals surface area (Å²) in [6.45, 7) is 2.34. The van der Waals surface area contributed by atoms with Crippen LogP contribution in [0, 0.1) is 0 Å². The van der Waals surface area contributed by atoms with Gasteiger partial charge in [0.05, 0.1) is 0 Å². The maximum Gasteiger partial charge on any atom is 0.220 e. The van der Waals surface area contributed by atoms with Crippen molar-refractivity contribution < 1.29 is 9.53 Å². The van der Waals surface area contributed by atoms with Gasteiger partial charge in [-0.3, -0.25) is 4.79 Å². The van der Waals surface area contributed by atoms with Crippen molar-refractivity contribution in [1.82, 2.24) is 10.3 Å². The van der Waals surface area contributed by atoms with Crippen LogP contribution in [0.25, 0.3) is 0 Å². The lowest BCUT2D eigenvalue weighted by molar-refractivity contribution is -0.121. The fourth-order valence-electron chi connectivity index (χ4n) is 3.47. The summed E-state index contributed by atoms with van der Waals surface area (Å²) in [7, 11) is 0. The quantitative estimate of drug-likeness (QED) is 0.612. The predicted octanol–water partition coefficient (Wildman–Crippen LogP) is 4.05. The summed E-state index contributed by atoms with van der Waals surface area (Å²) in [5.74, 6) is 0.954. The molecule has 150 valence electrons. The van der Waals surface area contributed by atoms with Crippen molar-refractivity contribution >= 4 is 22.4 Å². The molecule has 0 spiro atoms. The highest BCUT2D eigenvalue weighted by Gasteiger charge is 2.25. The van der Waals surface area contributed by atoms with Crippen LogP contribution in [0.1, 0.15) is 24.0 Å². The number of thiazole rings is 1. The SMILES string of the molecule is O=C(CCc1ccc(OCc2ccccc2)cc1)NC1CCN(c2nccs2)C1. The monoisotopic (exact) mass is 407 g/mol. The Labute approximate surface area is 175 Å². The second kappa shape index (κ2) is 9.56. The third kappa shape index (κ3) is 5.57. The number of amides is 1. The summed E-state index contributed by atoms with van der Waals surface area (Å²) in [6, 6.07) is 18.3. The molecule has 0 saturated carbocycles. The number of anilines is 1. The highest BCUT2D eigenvalue weighted by Crippen LogP contribution is 2.22. The first-order valence-electron chi connectivity index (χ1n) is 9.96. The summed E-state index contributed by atoms with van der Waals surface area (Å²) in [4.78, 5) is 18.9. The third-order valence-corrected chi connectivity index (χ3v) is 5.89. The Morgan fingerprint density at radius 2 is 1.97 bits per heavy atom. The molecule has 1 atom stereocenters. The molecule has 29 heavy (non-hydrogen) atoms. The lowest BCUT2D eigenvalue weighted by Crippen LogP contribution is -2.37. The van der Waals surface area contributed by atoms with E-state index in [0.29, 0.717) is 13.0 Å².